The van der Waals surface area contributed by atoms with Crippen LogP contribution in [-0.2, 0) is 0 Å². The van der Waals surface area contributed by atoms with Gasteiger partial charge in [0.2, 0.25) is 0 Å². The van der Waals surface area contributed by atoms with Crippen LogP contribution in [0.1, 0.15) is 19.8 Å². The fourth-order valence-electron chi connectivity index (χ4n) is 0.518. The second-order valence-electron chi connectivity index (χ2n) is 1.97. The topological polar surface area (TPSA) is 48.2 Å². The molecule has 0 amide bonds. The molecule has 3 nitrogen and oxygen atoms in total. The molecule has 0 aliphatic carbocycles. The lowest BCUT2D eigenvalue weighted by molar-refractivity contribution is 0.898. The predicted octanol–water partition coefficient (Wildman–Crippen LogP) is 1.58. The summed E-state index contributed by atoms with van der Waals surface area (Å²) < 4.78 is 0. The maximum absolute atomic E-state index is 8.27. The Labute approximate surface area is 71.9 Å². The Morgan fingerprint density at radius 3 is 2.91 bits per heavy atom. The van der Waals surface area contributed by atoms with Gasteiger partial charge in [-0.05, 0) is 6.42 Å². The van der Waals surface area contributed by atoms with Crippen LogP contribution in [0.15, 0.2) is 4.99 Å². The second kappa shape index (κ2) is 7.42. The zero-order valence-corrected chi connectivity index (χ0v) is 7.74. The van der Waals surface area contributed by atoms with Crippen LogP contribution in [0.25, 0.3) is 0 Å². The third-order valence-corrected chi connectivity index (χ3v) is 2.15. The van der Waals surface area contributed by atoms with Crippen molar-refractivity contribution in [3.05, 3.63) is 0 Å². The number of hydrogen-bond donors (Lipinski definition) is 1. The summed E-state index contributed by atoms with van der Waals surface area (Å²) in [6.45, 7) is 2.14. The Morgan fingerprint density at radius 2 is 2.45 bits per heavy atom. The molecule has 0 bridgehead atoms. The molecule has 11 heavy (non-hydrogen) atoms. The third-order valence-electron chi connectivity index (χ3n) is 1.10. The summed E-state index contributed by atoms with van der Waals surface area (Å²) in [4.78, 5) is 3.90. The molecule has 0 rings (SSSR count). The van der Waals surface area contributed by atoms with Crippen molar-refractivity contribution in [3.8, 4) is 6.19 Å². The maximum atomic E-state index is 8.27. The number of nitrogens with one attached hydrogen (secondary N) is 1. The van der Waals surface area contributed by atoms with Crippen molar-refractivity contribution in [2.45, 2.75) is 19.8 Å². The van der Waals surface area contributed by atoms with Crippen LogP contribution in [0.4, 0.5) is 0 Å². The summed E-state index contributed by atoms with van der Waals surface area (Å²) in [5, 5.41) is 11.5. The van der Waals surface area contributed by atoms with Gasteiger partial charge in [0.1, 0.15) is 0 Å². The van der Waals surface area contributed by atoms with Gasteiger partial charge in [-0.25, -0.2) is 0 Å². The molecule has 0 heterocycles. The maximum Gasteiger partial charge on any atom is 0.183 e. The van der Waals surface area contributed by atoms with Crippen molar-refractivity contribution >= 4 is 16.9 Å². The predicted molar refractivity (Wildman–Crippen MR) is 49.5 cm³/mol. The molecule has 0 spiro atoms. The van der Waals surface area contributed by atoms with Gasteiger partial charge < -0.3 is 0 Å². The van der Waals surface area contributed by atoms with Crippen LogP contribution in [-0.4, -0.2) is 18.0 Å². The van der Waals surface area contributed by atoms with Crippen molar-refractivity contribution in [3.63, 3.8) is 0 Å². The Kier molecular flexibility index (Phi) is 6.95. The fourth-order valence-corrected chi connectivity index (χ4v) is 1.39. The van der Waals surface area contributed by atoms with Crippen molar-refractivity contribution in [1.29, 1.82) is 5.26 Å². The average molecular weight is 171 g/mol. The van der Waals surface area contributed by atoms with Gasteiger partial charge in [0, 0.05) is 12.8 Å². The Morgan fingerprint density at radius 1 is 1.73 bits per heavy atom. The van der Waals surface area contributed by atoms with Gasteiger partial charge in [-0.2, -0.15) is 5.26 Å². The first-order valence-electron chi connectivity index (χ1n) is 3.59. The van der Waals surface area contributed by atoms with E-state index < -0.39 is 0 Å². The van der Waals surface area contributed by atoms with E-state index in [1.807, 2.05) is 6.19 Å². The molecule has 4 heteroatoms. The molecule has 0 saturated heterocycles. The van der Waals surface area contributed by atoms with Crippen molar-refractivity contribution in [1.82, 2.24) is 5.32 Å². The van der Waals surface area contributed by atoms with E-state index in [4.69, 9.17) is 5.26 Å². The highest BCUT2D eigenvalue weighted by Gasteiger charge is 1.95. The number of thioether (sulfide) groups is 1. The standard InChI is InChI=1S/C7H13N3S/c1-3-4-5-11-7(9-2)10-6-8/h3-5H2,1-2H3,(H,9,10). The molecular formula is C7H13N3S. The molecule has 0 aromatic heterocycles. The molecule has 0 radical (unpaired) electrons. The molecule has 0 unspecified atom stereocenters. The first kappa shape index (κ1) is 10.3. The second-order valence-corrected chi connectivity index (χ2v) is 3.05. The Bertz CT molecular complexity index is 160. The van der Waals surface area contributed by atoms with Gasteiger partial charge in [-0.3, -0.25) is 10.3 Å². The fraction of sp³-hybridized carbons (Fsp3) is 0.714. The van der Waals surface area contributed by atoms with Gasteiger partial charge in [0.25, 0.3) is 0 Å². The van der Waals surface area contributed by atoms with Gasteiger partial charge >= 0.3 is 0 Å². The minimum atomic E-state index is 0.709. The molecule has 0 aliphatic heterocycles. The molecule has 0 fully saturated rings. The van der Waals surface area contributed by atoms with E-state index in [1.54, 1.807) is 18.8 Å². The summed E-state index contributed by atoms with van der Waals surface area (Å²) in [5.41, 5.74) is 0. The van der Waals surface area contributed by atoms with E-state index in [0.717, 1.165) is 12.2 Å². The smallest absolute Gasteiger partial charge is 0.183 e. The van der Waals surface area contributed by atoms with E-state index in [-0.39, 0.29) is 0 Å². The van der Waals surface area contributed by atoms with Crippen LogP contribution in [0.5, 0.6) is 0 Å². The third kappa shape index (κ3) is 5.74. The van der Waals surface area contributed by atoms with E-state index in [2.05, 4.69) is 17.2 Å². The van der Waals surface area contributed by atoms with Crippen LogP contribution < -0.4 is 5.32 Å². The number of hydrogen-bond acceptors (Lipinski definition) is 3. The van der Waals surface area contributed by atoms with Crippen LogP contribution in [0, 0.1) is 11.5 Å². The van der Waals surface area contributed by atoms with Crippen LogP contribution >= 0.6 is 11.8 Å². The quantitative estimate of drug-likeness (QED) is 0.230. The van der Waals surface area contributed by atoms with Gasteiger partial charge in [0.15, 0.2) is 11.4 Å². The molecule has 0 atom stereocenters. The molecule has 62 valence electrons. The Balaban J connectivity index is 3.47. The van der Waals surface area contributed by atoms with Crippen molar-refractivity contribution < 1.29 is 0 Å². The minimum absolute atomic E-state index is 0.709. The number of unbranched alkanes of at least 4 members (excludes halogenated alkanes) is 1. The highest BCUT2D eigenvalue weighted by Crippen LogP contribution is 2.04. The first-order valence-corrected chi connectivity index (χ1v) is 4.58. The lowest BCUT2D eigenvalue weighted by Gasteiger charge is -1.99. The van der Waals surface area contributed by atoms with E-state index in [9.17, 15) is 0 Å². The van der Waals surface area contributed by atoms with Crippen molar-refractivity contribution in [2.75, 3.05) is 12.8 Å². The van der Waals surface area contributed by atoms with E-state index in [1.165, 1.54) is 6.42 Å². The average Bonchev–Trinajstić information content (AvgIpc) is 2.03. The zero-order chi connectivity index (χ0) is 8.53. The van der Waals surface area contributed by atoms with E-state index >= 15 is 0 Å². The highest BCUT2D eigenvalue weighted by molar-refractivity contribution is 8.13. The zero-order valence-electron chi connectivity index (χ0n) is 6.92. The Hall–Kier alpha value is -0.690. The SMILES string of the molecule is CCCCSC(=NC)NC#N. The summed E-state index contributed by atoms with van der Waals surface area (Å²) in [5.74, 6) is 1.03. The van der Waals surface area contributed by atoms with Gasteiger partial charge in [0.05, 0.1) is 0 Å². The molecule has 0 aromatic rings. The minimum Gasteiger partial charge on any atom is -0.272 e. The number of nitrogens with zero attached hydrogens (tertiary/aromatic N) is 2. The lowest BCUT2D eigenvalue weighted by Crippen LogP contribution is -2.13. The first-order chi connectivity index (χ1) is 5.35. The number of amidine groups is 1. The van der Waals surface area contributed by atoms with Gasteiger partial charge in [-0.1, -0.05) is 25.1 Å². The summed E-state index contributed by atoms with van der Waals surface area (Å²) in [7, 11) is 1.68. The van der Waals surface area contributed by atoms with Crippen molar-refractivity contribution in [2.24, 2.45) is 4.99 Å². The molecule has 0 saturated carbocycles. The molecule has 0 aromatic carbocycles. The number of nitriles is 1. The summed E-state index contributed by atoms with van der Waals surface area (Å²) in [6, 6.07) is 0. The lowest BCUT2D eigenvalue weighted by atomic mass is 10.4. The summed E-state index contributed by atoms with van der Waals surface area (Å²) in [6.07, 6.45) is 4.18. The monoisotopic (exact) mass is 171 g/mol. The van der Waals surface area contributed by atoms with Crippen LogP contribution in [0.2, 0.25) is 0 Å². The van der Waals surface area contributed by atoms with Crippen LogP contribution in [0.3, 0.4) is 0 Å². The highest BCUT2D eigenvalue weighted by atomic mass is 32.2. The van der Waals surface area contributed by atoms with Gasteiger partial charge in [-0.15, -0.1) is 0 Å². The normalized spacial score (nSPS) is 10.8. The number of rotatable bonds is 3. The van der Waals surface area contributed by atoms with E-state index in [0.29, 0.717) is 5.17 Å². The summed E-state index contributed by atoms with van der Waals surface area (Å²) >= 11 is 1.59. The molecule has 1 N–H and O–H groups in total. The molecule has 0 aliphatic rings. The molecular weight excluding hydrogens is 158 g/mol. The number of aliphatic imine (C=N–C) groups is 1. The largest absolute Gasteiger partial charge is 0.272 e.